The highest BCUT2D eigenvalue weighted by molar-refractivity contribution is 7.88. The molecule has 10 heteroatoms. The van der Waals surface area contributed by atoms with Crippen molar-refractivity contribution in [1.82, 2.24) is 29.3 Å². The predicted octanol–water partition coefficient (Wildman–Crippen LogP) is 0.817. The summed E-state index contributed by atoms with van der Waals surface area (Å²) < 4.78 is 28.9. The van der Waals surface area contributed by atoms with Crippen molar-refractivity contribution in [2.75, 3.05) is 6.54 Å². The lowest BCUT2D eigenvalue weighted by atomic mass is 10.2. The molecule has 2 aromatic heterocycles. The van der Waals surface area contributed by atoms with Crippen LogP contribution >= 0.6 is 0 Å². The summed E-state index contributed by atoms with van der Waals surface area (Å²) in [4.78, 5) is 18.9. The molecule has 1 fully saturated rings. The molecule has 3 aromatic rings. The van der Waals surface area contributed by atoms with Crippen molar-refractivity contribution in [3.63, 3.8) is 0 Å². The van der Waals surface area contributed by atoms with Crippen LogP contribution in [0.15, 0.2) is 35.1 Å². The molecule has 142 valence electrons. The Hall–Kier alpha value is -2.59. The summed E-state index contributed by atoms with van der Waals surface area (Å²) in [7, 11) is -3.45. The summed E-state index contributed by atoms with van der Waals surface area (Å²) in [5, 5.41) is 7.92. The van der Waals surface area contributed by atoms with E-state index in [1.807, 2.05) is 30.3 Å². The third-order valence-electron chi connectivity index (χ3n) is 4.75. The zero-order valence-corrected chi connectivity index (χ0v) is 15.7. The lowest BCUT2D eigenvalue weighted by Gasteiger charge is -2.24. The van der Waals surface area contributed by atoms with Crippen molar-refractivity contribution in [3.8, 4) is 0 Å². The number of hydrogen-bond acceptors (Lipinski definition) is 6. The molecule has 1 aliphatic rings. The van der Waals surface area contributed by atoms with E-state index in [2.05, 4.69) is 20.3 Å². The Labute approximate surface area is 156 Å². The lowest BCUT2D eigenvalue weighted by molar-refractivity contribution is 0.341. The summed E-state index contributed by atoms with van der Waals surface area (Å²) >= 11 is 0. The lowest BCUT2D eigenvalue weighted by Crippen LogP contribution is -2.39. The maximum absolute atomic E-state index is 12.9. The Balaban J connectivity index is 1.60. The molecule has 0 spiro atoms. The van der Waals surface area contributed by atoms with Crippen LogP contribution in [0.3, 0.4) is 0 Å². The first-order chi connectivity index (χ1) is 12.9. The normalized spacial score (nSPS) is 18.3. The Kier molecular flexibility index (Phi) is 4.52. The number of nitrogens with zero attached hydrogens (tertiary/aromatic N) is 5. The minimum Gasteiger partial charge on any atom is -0.309 e. The van der Waals surface area contributed by atoms with Gasteiger partial charge >= 0.3 is 0 Å². The number of aryl methyl sites for hydroxylation is 1. The van der Waals surface area contributed by atoms with E-state index in [0.717, 1.165) is 18.4 Å². The minimum absolute atomic E-state index is 0.0283. The molecule has 0 radical (unpaired) electrons. The number of aromatic nitrogens is 5. The van der Waals surface area contributed by atoms with Crippen LogP contribution in [-0.2, 0) is 22.3 Å². The van der Waals surface area contributed by atoms with Crippen LogP contribution in [0.5, 0.6) is 0 Å². The maximum Gasteiger partial charge on any atom is 0.281 e. The van der Waals surface area contributed by atoms with Crippen LogP contribution in [0.2, 0.25) is 0 Å². The van der Waals surface area contributed by atoms with Crippen molar-refractivity contribution >= 4 is 21.2 Å². The molecular weight excluding hydrogens is 368 g/mol. The monoisotopic (exact) mass is 388 g/mol. The average Bonchev–Trinajstić information content (AvgIpc) is 3.24. The Bertz CT molecular complexity index is 1120. The summed E-state index contributed by atoms with van der Waals surface area (Å²) in [5.41, 5.74) is 0.961. The van der Waals surface area contributed by atoms with Gasteiger partial charge in [0.15, 0.2) is 11.2 Å². The number of benzene rings is 1. The molecule has 1 aliphatic heterocycles. The summed E-state index contributed by atoms with van der Waals surface area (Å²) in [6, 6.07) is 8.92. The van der Waals surface area contributed by atoms with Gasteiger partial charge in [-0.2, -0.15) is 4.31 Å². The molecule has 9 nitrogen and oxygen atoms in total. The maximum atomic E-state index is 12.9. The summed E-state index contributed by atoms with van der Waals surface area (Å²) in [5.74, 6) is 0.440. The molecule has 27 heavy (non-hydrogen) atoms. The standard InChI is InChI=1S/C17H20N6O3S/c1-12-18-16-15(17(24)19-12)20-21-22(16)10-14-8-5-9-23(14)27(25,26)11-13-6-3-2-4-7-13/h2-4,6-7,14H,5,8-11H2,1H3,(H,18,19,24)/t14-/m1/s1. The molecule has 1 atom stereocenters. The number of nitrogens with one attached hydrogen (secondary N) is 1. The Morgan fingerprint density at radius 1 is 1.26 bits per heavy atom. The number of hydrogen-bond donors (Lipinski definition) is 1. The fraction of sp³-hybridized carbons (Fsp3) is 0.412. The number of fused-ring (bicyclic) bond motifs is 1. The fourth-order valence-electron chi connectivity index (χ4n) is 3.52. The van der Waals surface area contributed by atoms with Gasteiger partial charge in [0.25, 0.3) is 5.56 Å². The molecule has 1 aromatic carbocycles. The SMILES string of the molecule is Cc1nc2c(nnn2C[C@H]2CCCN2S(=O)(=O)Cc2ccccc2)c(=O)[nH]1. The van der Waals surface area contributed by atoms with E-state index in [4.69, 9.17) is 0 Å². The van der Waals surface area contributed by atoms with Crippen molar-refractivity contribution in [3.05, 3.63) is 52.1 Å². The molecule has 0 bridgehead atoms. The third kappa shape index (κ3) is 3.50. The number of rotatable bonds is 5. The highest BCUT2D eigenvalue weighted by Gasteiger charge is 2.35. The van der Waals surface area contributed by atoms with Crippen molar-refractivity contribution in [1.29, 1.82) is 0 Å². The quantitative estimate of drug-likeness (QED) is 0.692. The van der Waals surface area contributed by atoms with E-state index in [0.29, 0.717) is 24.6 Å². The predicted molar refractivity (Wildman–Crippen MR) is 99.5 cm³/mol. The second-order valence-corrected chi connectivity index (χ2v) is 8.67. The largest absolute Gasteiger partial charge is 0.309 e. The first-order valence-electron chi connectivity index (χ1n) is 8.77. The highest BCUT2D eigenvalue weighted by Crippen LogP contribution is 2.25. The molecule has 3 heterocycles. The van der Waals surface area contributed by atoms with Crippen LogP contribution in [0.4, 0.5) is 0 Å². The third-order valence-corrected chi connectivity index (χ3v) is 6.64. The number of H-pyrrole nitrogens is 1. The van der Waals surface area contributed by atoms with Gasteiger partial charge in [0, 0.05) is 12.6 Å². The fourth-order valence-corrected chi connectivity index (χ4v) is 5.34. The average molecular weight is 388 g/mol. The van der Waals surface area contributed by atoms with Gasteiger partial charge in [0.05, 0.1) is 12.3 Å². The van der Waals surface area contributed by atoms with Crippen LogP contribution < -0.4 is 5.56 Å². The molecular formula is C17H20N6O3S. The van der Waals surface area contributed by atoms with Crippen LogP contribution in [-0.4, -0.2) is 50.3 Å². The second-order valence-electron chi connectivity index (χ2n) is 6.74. The zero-order valence-electron chi connectivity index (χ0n) is 14.9. The first-order valence-corrected chi connectivity index (χ1v) is 10.4. The van der Waals surface area contributed by atoms with E-state index in [-0.39, 0.29) is 22.9 Å². The van der Waals surface area contributed by atoms with Gasteiger partial charge in [0.1, 0.15) is 5.82 Å². The van der Waals surface area contributed by atoms with E-state index in [1.54, 1.807) is 11.2 Å². The van der Waals surface area contributed by atoms with Gasteiger partial charge in [0.2, 0.25) is 10.0 Å². The zero-order chi connectivity index (χ0) is 19.0. The molecule has 0 aliphatic carbocycles. The van der Waals surface area contributed by atoms with Gasteiger partial charge in [-0.15, -0.1) is 5.10 Å². The molecule has 0 amide bonds. The van der Waals surface area contributed by atoms with Gasteiger partial charge in [-0.1, -0.05) is 35.5 Å². The minimum atomic E-state index is -3.45. The van der Waals surface area contributed by atoms with Gasteiger partial charge in [-0.05, 0) is 25.3 Å². The molecule has 0 unspecified atom stereocenters. The summed E-state index contributed by atoms with van der Waals surface area (Å²) in [6.07, 6.45) is 1.52. The molecule has 0 saturated carbocycles. The van der Waals surface area contributed by atoms with Gasteiger partial charge < -0.3 is 4.98 Å². The van der Waals surface area contributed by atoms with Crippen LogP contribution in [0, 0.1) is 6.92 Å². The van der Waals surface area contributed by atoms with E-state index in [9.17, 15) is 13.2 Å². The molecule has 1 saturated heterocycles. The number of aromatic amines is 1. The smallest absolute Gasteiger partial charge is 0.281 e. The molecule has 4 rings (SSSR count). The van der Waals surface area contributed by atoms with E-state index < -0.39 is 10.0 Å². The van der Waals surface area contributed by atoms with Gasteiger partial charge in [-0.3, -0.25) is 4.79 Å². The van der Waals surface area contributed by atoms with Crippen molar-refractivity contribution in [2.24, 2.45) is 0 Å². The van der Waals surface area contributed by atoms with E-state index in [1.165, 1.54) is 4.68 Å². The molecule has 1 N–H and O–H groups in total. The second kappa shape index (κ2) is 6.86. The Morgan fingerprint density at radius 3 is 2.81 bits per heavy atom. The topological polar surface area (TPSA) is 114 Å². The van der Waals surface area contributed by atoms with E-state index >= 15 is 0 Å². The summed E-state index contributed by atoms with van der Waals surface area (Å²) in [6.45, 7) is 2.49. The Morgan fingerprint density at radius 2 is 2.04 bits per heavy atom. The van der Waals surface area contributed by atoms with Crippen molar-refractivity contribution < 1.29 is 8.42 Å². The number of sulfonamides is 1. The van der Waals surface area contributed by atoms with Gasteiger partial charge in [-0.25, -0.2) is 18.1 Å². The first kappa shape index (κ1) is 17.8. The highest BCUT2D eigenvalue weighted by atomic mass is 32.2. The van der Waals surface area contributed by atoms with Crippen molar-refractivity contribution in [2.45, 2.75) is 38.1 Å². The van der Waals surface area contributed by atoms with Crippen LogP contribution in [0.25, 0.3) is 11.2 Å². The van der Waals surface area contributed by atoms with Crippen LogP contribution in [0.1, 0.15) is 24.2 Å².